The van der Waals surface area contributed by atoms with Gasteiger partial charge in [0.25, 0.3) is 0 Å². The molecule has 0 aliphatic heterocycles. The smallest absolute Gasteiger partial charge is 0.160 e. The topological polar surface area (TPSA) is 110 Å². The minimum Gasteiger partial charge on any atom is -0.454 e. The van der Waals surface area contributed by atoms with Gasteiger partial charge in [-0.1, -0.05) is 399 Å². The van der Waals surface area contributed by atoms with Gasteiger partial charge in [-0.15, -0.1) is 11.3 Å². The van der Waals surface area contributed by atoms with Crippen molar-refractivity contribution in [1.82, 2.24) is 48.2 Å². The van der Waals surface area contributed by atoms with Crippen LogP contribution in [-0.4, -0.2) is 48.2 Å². The second-order valence-electron chi connectivity index (χ2n) is 40.6. The van der Waals surface area contributed by atoms with Crippen LogP contribution >= 0.6 is 11.3 Å². The number of para-hydroxylation sites is 6. The quantitative estimate of drug-likeness (QED) is 0.134. The molecule has 694 valence electrons. The van der Waals surface area contributed by atoms with Gasteiger partial charge in [0.05, 0.1) is 83.0 Å². The fourth-order valence-electron chi connectivity index (χ4n) is 24.3. The van der Waals surface area contributed by atoms with Gasteiger partial charge in [-0.25, -0.2) is 29.9 Å². The van der Waals surface area contributed by atoms with Crippen molar-refractivity contribution >= 4 is 141 Å². The molecule has 3 aliphatic carbocycles. The zero-order valence-electron chi connectivity index (χ0n) is 81.5. The van der Waals surface area contributed by atoms with Crippen LogP contribution < -0.4 is 0 Å². The van der Waals surface area contributed by atoms with Gasteiger partial charge in [-0.2, -0.15) is 0 Å². The van der Waals surface area contributed by atoms with Gasteiger partial charge in [0.15, 0.2) is 23.1 Å². The largest absolute Gasteiger partial charge is 0.454 e. The van der Waals surface area contributed by atoms with E-state index in [1.807, 2.05) is 53.8 Å². The van der Waals surface area contributed by atoms with E-state index < -0.39 is 0 Å². The summed E-state index contributed by atoms with van der Waals surface area (Å²) < 4.78 is 18.9. The number of fused-ring (bicyclic) bond motifs is 30. The maximum Gasteiger partial charge on any atom is 0.160 e. The second-order valence-corrected chi connectivity index (χ2v) is 41.6. The maximum atomic E-state index is 6.57. The molecule has 0 saturated carbocycles. The third-order valence-electron chi connectivity index (χ3n) is 31.2. The summed E-state index contributed by atoms with van der Waals surface area (Å²) in [4.78, 5) is 31.6. The van der Waals surface area contributed by atoms with E-state index in [-0.39, 0.29) is 16.2 Å². The van der Waals surface area contributed by atoms with Gasteiger partial charge in [0.1, 0.15) is 5.58 Å². The highest BCUT2D eigenvalue weighted by atomic mass is 32.1. The number of furan rings is 1. The maximum absolute atomic E-state index is 6.57. The number of hydrogen-bond donors (Lipinski definition) is 0. The first-order chi connectivity index (χ1) is 72.2. The Hall–Kier alpha value is -18.4. The molecule has 0 bridgehead atoms. The van der Waals surface area contributed by atoms with Gasteiger partial charge in [0.2, 0.25) is 0 Å². The molecule has 147 heavy (non-hydrogen) atoms. The van der Waals surface area contributed by atoms with Crippen molar-refractivity contribution in [3.05, 3.63) is 483 Å². The molecule has 31 rings (SSSR count). The molecule has 19 aromatic carbocycles. The van der Waals surface area contributed by atoms with Crippen LogP contribution in [0, 0.1) is 0 Å². The summed E-state index contributed by atoms with van der Waals surface area (Å²) in [5, 5.41) is 14.8. The molecule has 3 aliphatic rings. The van der Waals surface area contributed by atoms with Gasteiger partial charge in [-0.3, -0.25) is 0 Å². The second kappa shape index (κ2) is 32.8. The van der Waals surface area contributed by atoms with Gasteiger partial charge < -0.3 is 22.7 Å². The SMILES string of the molecule is CC1(C)c2ccccc2-c2c(-c3ccc(-n4c5ccccc5c5ccc6c7ccccc7n(-c7ccccc7)c6c54)cc3)nc(-c3ccccc3)nc21.CC1(C)c2ccccc2-c2c(-c3ccc(-n4c5ccccc5c5ccc6c7ccccc7oc6c54)cc3)nc(-c3ccccc3)nc21.CC1(C)c2ccccc2-c2c(-c3ccc(-n4c5ccccc5c5ccc6c7ccccc7sc6c54)cc3)nc(-c3ccccc3)nc21. The summed E-state index contributed by atoms with van der Waals surface area (Å²) in [6, 6.07) is 160. The number of benzene rings is 19. The molecule has 0 atom stereocenters. The lowest BCUT2D eigenvalue weighted by Crippen LogP contribution is -2.17. The molecule has 12 heteroatoms. The third-order valence-corrected chi connectivity index (χ3v) is 32.4. The monoisotopic (exact) mass is 1900 g/mol. The standard InChI is InChI=1S/C49H34N4.C43H29N3O.C43H29N3S/c1-49(2)40-22-12-9-21-39(40)43-44(50-48(51-47(43)49)32-15-5-3-6-16-32)31-25-27-34(28-26-31)53-42-24-14-11-20-36(42)38-30-29-37-35-19-10-13-23-41(35)52(45(37)46(38)53)33-17-7-4-8-18-33;2*1-43(2)34-17-9-6-16-33(34)37-38(44-42(45-41(37)43)27-12-4-3-5-13-27)26-20-22-28(23-21-26)46-35-18-10-7-14-29(35)31-24-25-32-30-15-8-11-19-36(30)47-40(32)39(31)46/h3-30H,1-2H3;2*3-25H,1-2H3. The first-order valence-electron chi connectivity index (χ1n) is 50.5. The minimum absolute atomic E-state index is 0.230. The van der Waals surface area contributed by atoms with Crippen LogP contribution in [0.4, 0.5) is 0 Å². The van der Waals surface area contributed by atoms with Crippen LogP contribution in [0.5, 0.6) is 0 Å². The predicted octanol–water partition coefficient (Wildman–Crippen LogP) is 35.0. The third kappa shape index (κ3) is 13.0. The molecule has 9 aromatic heterocycles. The zero-order chi connectivity index (χ0) is 97.8. The van der Waals surface area contributed by atoms with Crippen LogP contribution in [-0.2, 0) is 16.2 Å². The van der Waals surface area contributed by atoms with Crippen molar-refractivity contribution in [1.29, 1.82) is 0 Å². The zero-order valence-corrected chi connectivity index (χ0v) is 82.3. The van der Waals surface area contributed by atoms with Crippen LogP contribution in [0.3, 0.4) is 0 Å². The summed E-state index contributed by atoms with van der Waals surface area (Å²) in [6.45, 7) is 13.7. The van der Waals surface area contributed by atoms with Crippen molar-refractivity contribution in [2.24, 2.45) is 0 Å². The average molecular weight is 1900 g/mol. The Kier molecular flexibility index (Phi) is 19.1. The molecule has 0 N–H and O–H groups in total. The van der Waals surface area contributed by atoms with Crippen LogP contribution in [0.25, 0.3) is 253 Å². The molecular weight excluding hydrogens is 1810 g/mol. The molecule has 0 amide bonds. The Bertz CT molecular complexity index is 9940. The number of aromatic nitrogens is 10. The van der Waals surface area contributed by atoms with Gasteiger partial charge in [-0.05, 0) is 124 Å². The normalized spacial score (nSPS) is 13.4. The molecule has 0 radical (unpaired) electrons. The van der Waals surface area contributed by atoms with E-state index in [0.717, 1.165) is 157 Å². The Balaban J connectivity index is 0.000000104. The Morgan fingerprint density at radius 2 is 0.497 bits per heavy atom. The van der Waals surface area contributed by atoms with E-state index in [0.29, 0.717) is 0 Å². The molecule has 0 spiro atoms. The number of hydrogen-bond acceptors (Lipinski definition) is 8. The van der Waals surface area contributed by atoms with Crippen LogP contribution in [0.2, 0.25) is 0 Å². The highest BCUT2D eigenvalue weighted by Crippen LogP contribution is 2.57. The van der Waals surface area contributed by atoms with E-state index in [2.05, 4.69) is 466 Å². The summed E-state index contributed by atoms with van der Waals surface area (Å²) in [6.07, 6.45) is 0. The number of thiophene rings is 1. The van der Waals surface area contributed by atoms with Crippen molar-refractivity contribution in [3.63, 3.8) is 0 Å². The summed E-state index contributed by atoms with van der Waals surface area (Å²) >= 11 is 1.88. The Morgan fingerprint density at radius 1 is 0.211 bits per heavy atom. The summed E-state index contributed by atoms with van der Waals surface area (Å²) in [7, 11) is 0. The van der Waals surface area contributed by atoms with Crippen molar-refractivity contribution in [3.8, 4) is 124 Å². The van der Waals surface area contributed by atoms with Crippen LogP contribution in [0.15, 0.2) is 453 Å². The Morgan fingerprint density at radius 3 is 0.891 bits per heavy atom. The predicted molar refractivity (Wildman–Crippen MR) is 609 cm³/mol. The lowest BCUT2D eigenvalue weighted by molar-refractivity contribution is 0.636. The summed E-state index contributed by atoms with van der Waals surface area (Å²) in [5.74, 6) is 2.26. The van der Waals surface area contributed by atoms with Crippen molar-refractivity contribution < 1.29 is 4.42 Å². The average Bonchev–Trinajstić information content (AvgIpc) is 1.55. The van der Waals surface area contributed by atoms with E-state index in [1.54, 1.807) is 0 Å². The minimum atomic E-state index is -0.251. The lowest BCUT2D eigenvalue weighted by atomic mass is 9.85. The number of nitrogens with zero attached hydrogens (tertiary/aromatic N) is 10. The lowest BCUT2D eigenvalue weighted by Gasteiger charge is -2.21. The Labute approximate surface area is 851 Å². The van der Waals surface area contributed by atoms with Gasteiger partial charge >= 0.3 is 0 Å². The van der Waals surface area contributed by atoms with E-state index >= 15 is 0 Å². The molecule has 0 saturated heterocycles. The fourth-order valence-corrected chi connectivity index (χ4v) is 25.6. The molecule has 11 nitrogen and oxygen atoms in total. The fraction of sp³-hybridized carbons (Fsp3) is 0.0667. The van der Waals surface area contributed by atoms with E-state index in [1.165, 1.54) is 130 Å². The summed E-state index contributed by atoms with van der Waals surface area (Å²) in [5.41, 5.74) is 38.3. The number of rotatable bonds is 10. The first-order valence-corrected chi connectivity index (χ1v) is 51.3. The van der Waals surface area contributed by atoms with Crippen molar-refractivity contribution in [2.75, 3.05) is 0 Å². The highest BCUT2D eigenvalue weighted by Gasteiger charge is 2.44. The van der Waals surface area contributed by atoms with Crippen LogP contribution in [0.1, 0.15) is 75.3 Å². The first kappa shape index (κ1) is 85.4. The molecule has 0 fully saturated rings. The molecule has 28 aromatic rings. The molecular formula is C135H92N10OS. The highest BCUT2D eigenvalue weighted by molar-refractivity contribution is 7.26. The van der Waals surface area contributed by atoms with Crippen molar-refractivity contribution in [2.45, 2.75) is 57.8 Å². The molecule has 9 heterocycles. The van der Waals surface area contributed by atoms with Gasteiger partial charge in [0, 0.05) is 158 Å². The molecule has 0 unspecified atom stereocenters. The van der Waals surface area contributed by atoms with E-state index in [4.69, 9.17) is 34.3 Å². The van der Waals surface area contributed by atoms with E-state index in [9.17, 15) is 0 Å².